The molecule has 39 heavy (non-hydrogen) atoms. The van der Waals surface area contributed by atoms with E-state index in [0.717, 1.165) is 16.7 Å². The van der Waals surface area contributed by atoms with Gasteiger partial charge in [0.15, 0.2) is 17.5 Å². The molecule has 5 heteroatoms. The van der Waals surface area contributed by atoms with E-state index in [4.69, 9.17) is 15.0 Å². The maximum Gasteiger partial charge on any atom is 0.165 e. The maximum atomic E-state index is 5.01. The second-order valence-electron chi connectivity index (χ2n) is 9.30. The third-order valence-electron chi connectivity index (χ3n) is 6.88. The molecule has 0 aliphatic heterocycles. The molecule has 0 aliphatic carbocycles. The summed E-state index contributed by atoms with van der Waals surface area (Å²) < 4.78 is 3.75. The van der Waals surface area contributed by atoms with Crippen LogP contribution in [0.4, 0.5) is 0 Å². The monoisotopic (exact) mass is 537 g/mol. The number of hydrogen-bond donors (Lipinski definition) is 0. The zero-order valence-corrected chi connectivity index (χ0v) is 22.9. The highest BCUT2D eigenvalue weighted by molar-refractivity contribution is 7.27. The number of rotatable bonds is 5. The lowest BCUT2D eigenvalue weighted by atomic mass is 10.0. The molecule has 3 heterocycles. The van der Waals surface area contributed by atoms with Crippen LogP contribution in [-0.2, 0) is 0 Å². The Labute approximate surface area is 234 Å². The van der Waals surface area contributed by atoms with Gasteiger partial charge in [-0.25, -0.2) is 15.0 Å². The predicted molar refractivity (Wildman–Crippen MR) is 168 cm³/mol. The van der Waals surface area contributed by atoms with Gasteiger partial charge in [-0.05, 0) is 30.7 Å². The van der Waals surface area contributed by atoms with Crippen LogP contribution in [-0.4, -0.2) is 15.0 Å². The van der Waals surface area contributed by atoms with Crippen molar-refractivity contribution in [2.45, 2.75) is 6.92 Å². The second kappa shape index (κ2) is 9.70. The highest BCUT2D eigenvalue weighted by Gasteiger charge is 2.19. The average molecular weight is 538 g/mol. The van der Waals surface area contributed by atoms with Gasteiger partial charge in [0, 0.05) is 51.8 Å². The van der Waals surface area contributed by atoms with E-state index >= 15 is 0 Å². The Hall–Kier alpha value is -4.45. The van der Waals surface area contributed by atoms with Crippen LogP contribution >= 0.6 is 22.7 Å². The van der Waals surface area contributed by atoms with E-state index < -0.39 is 0 Å². The van der Waals surface area contributed by atoms with Crippen LogP contribution in [0.5, 0.6) is 0 Å². The molecule has 0 bridgehead atoms. The zero-order valence-electron chi connectivity index (χ0n) is 21.3. The Morgan fingerprint density at radius 1 is 0.641 bits per heavy atom. The van der Waals surface area contributed by atoms with Gasteiger partial charge >= 0.3 is 0 Å². The first-order valence-electron chi connectivity index (χ1n) is 12.7. The van der Waals surface area contributed by atoms with Gasteiger partial charge in [0.05, 0.1) is 0 Å². The van der Waals surface area contributed by atoms with Crippen LogP contribution in [0.1, 0.15) is 10.4 Å². The smallest absolute Gasteiger partial charge is 0.165 e. The molecule has 0 radical (unpaired) electrons. The van der Waals surface area contributed by atoms with E-state index in [1.807, 2.05) is 84.2 Å². The highest BCUT2D eigenvalue weighted by Crippen LogP contribution is 2.46. The Balaban J connectivity index is 1.52. The minimum atomic E-state index is 0.672. The number of aromatic nitrogens is 3. The summed E-state index contributed by atoms with van der Waals surface area (Å²) in [6, 6.07) is 31.2. The van der Waals surface area contributed by atoms with Crippen LogP contribution in [0.25, 0.3) is 70.5 Å². The van der Waals surface area contributed by atoms with Crippen molar-refractivity contribution in [3.8, 4) is 34.2 Å². The van der Waals surface area contributed by atoms with Crippen LogP contribution in [0.15, 0.2) is 110 Å². The quantitative estimate of drug-likeness (QED) is 0.205. The number of nitrogens with zero attached hydrogens (tertiary/aromatic N) is 3. The summed E-state index contributed by atoms with van der Waals surface area (Å²) in [5.41, 5.74) is 4.23. The lowest BCUT2D eigenvalue weighted by Crippen LogP contribution is -2.00. The van der Waals surface area contributed by atoms with Crippen molar-refractivity contribution >= 4 is 59.0 Å². The van der Waals surface area contributed by atoms with E-state index in [1.54, 1.807) is 11.3 Å². The van der Waals surface area contributed by atoms with E-state index in [0.29, 0.717) is 17.5 Å². The molecular weight excluding hydrogens is 515 g/mol. The molecule has 0 fully saturated rings. The SMILES string of the molecule is C=C/C=C\c1c(C)sc2ccc3sc4c(-c5nc(-c6ccccc6)nc(-c6ccccc6)n5)cccc4c3c12. The third kappa shape index (κ3) is 4.07. The first-order valence-corrected chi connectivity index (χ1v) is 14.4. The minimum Gasteiger partial charge on any atom is -0.208 e. The molecule has 0 aliphatic rings. The number of fused-ring (bicyclic) bond motifs is 5. The largest absolute Gasteiger partial charge is 0.208 e. The van der Waals surface area contributed by atoms with Gasteiger partial charge in [0.2, 0.25) is 0 Å². The Morgan fingerprint density at radius 3 is 1.90 bits per heavy atom. The lowest BCUT2D eigenvalue weighted by Gasteiger charge is -2.09. The fraction of sp³-hybridized carbons (Fsp3) is 0.0294. The van der Waals surface area contributed by atoms with Crippen molar-refractivity contribution in [1.29, 1.82) is 0 Å². The van der Waals surface area contributed by atoms with Gasteiger partial charge in [-0.3, -0.25) is 0 Å². The Morgan fingerprint density at radius 2 is 1.26 bits per heavy atom. The molecule has 4 aromatic carbocycles. The molecule has 0 saturated carbocycles. The molecule has 0 unspecified atom stereocenters. The summed E-state index contributed by atoms with van der Waals surface area (Å²) in [4.78, 5) is 16.2. The van der Waals surface area contributed by atoms with E-state index in [9.17, 15) is 0 Å². The summed E-state index contributed by atoms with van der Waals surface area (Å²) in [5, 5.41) is 3.83. The zero-order chi connectivity index (χ0) is 26.3. The molecule has 0 N–H and O–H groups in total. The summed E-state index contributed by atoms with van der Waals surface area (Å²) in [6.45, 7) is 6.07. The number of allylic oxidation sites excluding steroid dienone is 2. The van der Waals surface area contributed by atoms with Gasteiger partial charge in [-0.2, -0.15) is 0 Å². The van der Waals surface area contributed by atoms with Gasteiger partial charge in [-0.15, -0.1) is 22.7 Å². The van der Waals surface area contributed by atoms with Gasteiger partial charge < -0.3 is 0 Å². The summed E-state index contributed by atoms with van der Waals surface area (Å²) >= 11 is 3.64. The Bertz CT molecular complexity index is 1980. The van der Waals surface area contributed by atoms with Crippen molar-refractivity contribution in [3.05, 3.63) is 120 Å². The van der Waals surface area contributed by atoms with Gasteiger partial charge in [0.1, 0.15) is 0 Å². The van der Waals surface area contributed by atoms with E-state index in [-0.39, 0.29) is 0 Å². The van der Waals surface area contributed by atoms with Crippen molar-refractivity contribution in [3.63, 3.8) is 0 Å². The summed E-state index contributed by atoms with van der Waals surface area (Å²) in [7, 11) is 0. The molecule has 3 aromatic heterocycles. The predicted octanol–water partition coefficient (Wildman–Crippen LogP) is 9.96. The minimum absolute atomic E-state index is 0.672. The number of benzene rings is 4. The van der Waals surface area contributed by atoms with Crippen LogP contribution in [0.3, 0.4) is 0 Å². The molecule has 0 spiro atoms. The van der Waals surface area contributed by atoms with E-state index in [2.05, 4.69) is 49.9 Å². The standard InChI is InChI=1S/C34H23N3S2/c1-3-4-16-24-21(2)38-27-19-20-28-30(29(24)27)25-17-11-18-26(31(25)39-28)34-36-32(22-12-7-5-8-13-22)35-33(37-34)23-14-9-6-10-15-23/h3-20H,1H2,2H3/b16-4-. The number of hydrogen-bond acceptors (Lipinski definition) is 5. The average Bonchev–Trinajstić information content (AvgIpc) is 3.53. The fourth-order valence-corrected chi connectivity index (χ4v) is 7.37. The normalized spacial score (nSPS) is 11.7. The fourth-order valence-electron chi connectivity index (χ4n) is 5.09. The molecule has 7 rings (SSSR count). The maximum absolute atomic E-state index is 5.01. The van der Waals surface area contributed by atoms with E-state index in [1.165, 1.54) is 40.7 Å². The van der Waals surface area contributed by atoms with Crippen molar-refractivity contribution in [1.82, 2.24) is 15.0 Å². The van der Waals surface area contributed by atoms with Crippen molar-refractivity contribution in [2.24, 2.45) is 0 Å². The number of aryl methyl sites for hydroxylation is 1. The molecule has 3 nitrogen and oxygen atoms in total. The highest BCUT2D eigenvalue weighted by atomic mass is 32.1. The van der Waals surface area contributed by atoms with Crippen molar-refractivity contribution in [2.75, 3.05) is 0 Å². The second-order valence-corrected chi connectivity index (χ2v) is 11.6. The molecule has 0 atom stereocenters. The number of thiophene rings is 2. The molecule has 0 saturated heterocycles. The molecule has 0 amide bonds. The topological polar surface area (TPSA) is 38.7 Å². The van der Waals surface area contributed by atoms with Gasteiger partial charge in [-0.1, -0.05) is 97.6 Å². The first-order chi connectivity index (χ1) is 19.2. The van der Waals surface area contributed by atoms with Gasteiger partial charge in [0.25, 0.3) is 0 Å². The Kier molecular flexibility index (Phi) is 5.88. The summed E-state index contributed by atoms with van der Waals surface area (Å²) in [6.07, 6.45) is 6.04. The summed E-state index contributed by atoms with van der Waals surface area (Å²) in [5.74, 6) is 2.03. The molecular formula is C34H23N3S2. The van der Waals surface area contributed by atoms with Crippen LogP contribution in [0.2, 0.25) is 0 Å². The molecule has 186 valence electrons. The molecule has 7 aromatic rings. The third-order valence-corrected chi connectivity index (χ3v) is 9.17. The first kappa shape index (κ1) is 23.7. The van der Waals surface area contributed by atoms with Crippen molar-refractivity contribution < 1.29 is 0 Å². The van der Waals surface area contributed by atoms with Crippen LogP contribution in [0, 0.1) is 6.92 Å². The lowest BCUT2D eigenvalue weighted by molar-refractivity contribution is 1.08. The van der Waals surface area contributed by atoms with Crippen LogP contribution < -0.4 is 0 Å².